The highest BCUT2D eigenvalue weighted by Gasteiger charge is 2.30. The van der Waals surface area contributed by atoms with E-state index < -0.39 is 0 Å². The second-order valence-corrected chi connectivity index (χ2v) is 7.37. The molecule has 0 unspecified atom stereocenters. The molecule has 0 aliphatic heterocycles. The highest BCUT2D eigenvalue weighted by molar-refractivity contribution is 6.29. The van der Waals surface area contributed by atoms with Crippen LogP contribution >= 0.6 is 11.6 Å². The highest BCUT2D eigenvalue weighted by atomic mass is 35.5. The number of nitrogens with zero attached hydrogens (tertiary/aromatic N) is 4. The van der Waals surface area contributed by atoms with Crippen LogP contribution in [0, 0.1) is 19.8 Å². The van der Waals surface area contributed by atoms with Gasteiger partial charge in [-0.25, -0.2) is 9.97 Å². The summed E-state index contributed by atoms with van der Waals surface area (Å²) in [6.45, 7) is 5.96. The van der Waals surface area contributed by atoms with Gasteiger partial charge >= 0.3 is 0 Å². The molecule has 2 heterocycles. The van der Waals surface area contributed by atoms with Crippen LogP contribution in [0.4, 0.5) is 17.3 Å². The number of nitrogens with one attached hydrogen (secondary N) is 1. The molecule has 2 aromatic heterocycles. The van der Waals surface area contributed by atoms with Crippen molar-refractivity contribution in [3.05, 3.63) is 39.0 Å². The Morgan fingerprint density at radius 2 is 2.00 bits per heavy atom. The molecule has 0 radical (unpaired) electrons. The van der Waals surface area contributed by atoms with E-state index in [1.54, 1.807) is 10.8 Å². The van der Waals surface area contributed by atoms with Gasteiger partial charge < -0.3 is 14.8 Å². The molecule has 0 bridgehead atoms. The first-order chi connectivity index (χ1) is 11.8. The third kappa shape index (κ3) is 3.63. The Balaban J connectivity index is 1.98. The van der Waals surface area contributed by atoms with E-state index in [1.165, 1.54) is 0 Å². The Morgan fingerprint density at radius 1 is 1.32 bits per heavy atom. The van der Waals surface area contributed by atoms with Crippen molar-refractivity contribution in [1.29, 1.82) is 0 Å². The number of halogens is 1. The smallest absolute Gasteiger partial charge is 0.294 e. The lowest BCUT2D eigenvalue weighted by Crippen LogP contribution is -2.27. The van der Waals surface area contributed by atoms with E-state index in [0.717, 1.165) is 35.6 Å². The van der Waals surface area contributed by atoms with Crippen molar-refractivity contribution in [3.63, 3.8) is 0 Å². The first kappa shape index (κ1) is 17.7. The lowest BCUT2D eigenvalue weighted by atomic mass is 10.2. The number of anilines is 3. The van der Waals surface area contributed by atoms with Crippen molar-refractivity contribution in [2.45, 2.75) is 39.7 Å². The third-order valence-electron chi connectivity index (χ3n) is 4.70. The lowest BCUT2D eigenvalue weighted by Gasteiger charge is -2.19. The summed E-state index contributed by atoms with van der Waals surface area (Å²) in [5.74, 6) is 1.69. The van der Waals surface area contributed by atoms with Crippen molar-refractivity contribution < 1.29 is 0 Å². The van der Waals surface area contributed by atoms with Gasteiger partial charge in [-0.1, -0.05) is 11.6 Å². The van der Waals surface area contributed by atoms with E-state index in [9.17, 15) is 4.79 Å². The summed E-state index contributed by atoms with van der Waals surface area (Å²) in [5.41, 5.74) is 2.43. The normalized spacial score (nSPS) is 15.1. The van der Waals surface area contributed by atoms with E-state index in [-0.39, 0.29) is 17.4 Å². The molecule has 2 aromatic rings. The summed E-state index contributed by atoms with van der Waals surface area (Å²) in [4.78, 5) is 23.6. The highest BCUT2D eigenvalue weighted by Crippen LogP contribution is 2.39. The topological polar surface area (TPSA) is 63.1 Å². The summed E-state index contributed by atoms with van der Waals surface area (Å²) >= 11 is 6.16. The van der Waals surface area contributed by atoms with Gasteiger partial charge in [-0.3, -0.25) is 4.79 Å². The molecular weight excluding hydrogens is 338 g/mol. The second-order valence-electron chi connectivity index (χ2n) is 6.98. The van der Waals surface area contributed by atoms with Gasteiger partial charge in [-0.05, 0) is 51.2 Å². The number of rotatable bonds is 5. The molecule has 7 heteroatoms. The first-order valence-corrected chi connectivity index (χ1v) is 8.87. The minimum absolute atomic E-state index is 0.130. The fourth-order valence-corrected chi connectivity index (χ4v) is 3.26. The van der Waals surface area contributed by atoms with Crippen LogP contribution in [0.3, 0.4) is 0 Å². The third-order valence-corrected chi connectivity index (χ3v) is 4.88. The SMILES string of the molecule is Cc1cc(Nc2nc(Cl)cn([C@H](C)C3CC3)c2=O)c(C)nc1N(C)C. The van der Waals surface area contributed by atoms with Crippen molar-refractivity contribution >= 4 is 28.9 Å². The van der Waals surface area contributed by atoms with E-state index in [1.807, 2.05) is 38.9 Å². The first-order valence-electron chi connectivity index (χ1n) is 8.49. The molecule has 1 saturated carbocycles. The molecule has 134 valence electrons. The number of aromatic nitrogens is 3. The molecule has 1 aliphatic rings. The largest absolute Gasteiger partial charge is 0.363 e. The van der Waals surface area contributed by atoms with Crippen LogP contribution in [0.2, 0.25) is 5.15 Å². The number of hydrogen-bond donors (Lipinski definition) is 1. The zero-order valence-corrected chi connectivity index (χ0v) is 16.1. The predicted octanol–water partition coefficient (Wildman–Crippen LogP) is 3.69. The maximum absolute atomic E-state index is 12.8. The van der Waals surface area contributed by atoms with E-state index in [4.69, 9.17) is 11.6 Å². The van der Waals surface area contributed by atoms with Gasteiger partial charge in [0, 0.05) is 26.3 Å². The predicted molar refractivity (Wildman–Crippen MR) is 102 cm³/mol. The summed E-state index contributed by atoms with van der Waals surface area (Å²) in [7, 11) is 3.91. The number of aryl methyl sites for hydroxylation is 2. The Morgan fingerprint density at radius 3 is 2.60 bits per heavy atom. The second kappa shape index (κ2) is 6.67. The Kier molecular flexibility index (Phi) is 4.73. The minimum Gasteiger partial charge on any atom is -0.363 e. The monoisotopic (exact) mass is 361 g/mol. The average molecular weight is 362 g/mol. The van der Waals surface area contributed by atoms with Crippen LogP contribution in [-0.4, -0.2) is 28.6 Å². The average Bonchev–Trinajstić information content (AvgIpc) is 3.37. The van der Waals surface area contributed by atoms with Gasteiger partial charge in [-0.15, -0.1) is 0 Å². The molecule has 0 spiro atoms. The molecule has 6 nitrogen and oxygen atoms in total. The Hall–Kier alpha value is -2.08. The van der Waals surface area contributed by atoms with Gasteiger partial charge in [0.15, 0.2) is 5.82 Å². The molecule has 25 heavy (non-hydrogen) atoms. The van der Waals surface area contributed by atoms with Crippen LogP contribution in [0.15, 0.2) is 17.1 Å². The molecule has 1 fully saturated rings. The van der Waals surface area contributed by atoms with Crippen molar-refractivity contribution in [1.82, 2.24) is 14.5 Å². The number of pyridine rings is 1. The van der Waals surface area contributed by atoms with E-state index in [2.05, 4.69) is 22.2 Å². The van der Waals surface area contributed by atoms with E-state index in [0.29, 0.717) is 11.1 Å². The lowest BCUT2D eigenvalue weighted by molar-refractivity contribution is 0.470. The van der Waals surface area contributed by atoms with Gasteiger partial charge in [0.2, 0.25) is 0 Å². The fourth-order valence-electron chi connectivity index (χ4n) is 3.07. The molecule has 3 rings (SSSR count). The molecule has 1 aliphatic carbocycles. The van der Waals surface area contributed by atoms with Crippen molar-refractivity contribution in [2.75, 3.05) is 24.3 Å². The van der Waals surface area contributed by atoms with Crippen LogP contribution in [-0.2, 0) is 0 Å². The van der Waals surface area contributed by atoms with Gasteiger partial charge in [0.25, 0.3) is 5.56 Å². The zero-order chi connectivity index (χ0) is 18.3. The van der Waals surface area contributed by atoms with E-state index >= 15 is 0 Å². The van der Waals surface area contributed by atoms with Gasteiger partial charge in [0.05, 0.1) is 11.4 Å². The Labute approximate surface area is 152 Å². The standard InChI is InChI=1S/C18H24ClN5O/c1-10-8-14(11(2)20-17(10)23(4)5)21-16-18(25)24(9-15(19)22-16)12(3)13-6-7-13/h8-9,12-13H,6-7H2,1-5H3,(H,21,22)/t12-/m1/s1. The molecular formula is C18H24ClN5O. The van der Waals surface area contributed by atoms with Crippen LogP contribution < -0.4 is 15.8 Å². The van der Waals surface area contributed by atoms with Crippen LogP contribution in [0.5, 0.6) is 0 Å². The van der Waals surface area contributed by atoms with Crippen molar-refractivity contribution in [2.24, 2.45) is 5.92 Å². The maximum atomic E-state index is 12.8. The number of hydrogen-bond acceptors (Lipinski definition) is 5. The van der Waals surface area contributed by atoms with Crippen LogP contribution in [0.25, 0.3) is 0 Å². The minimum atomic E-state index is -0.155. The summed E-state index contributed by atoms with van der Waals surface area (Å²) in [6.07, 6.45) is 3.94. The maximum Gasteiger partial charge on any atom is 0.294 e. The van der Waals surface area contributed by atoms with Gasteiger partial charge in [-0.2, -0.15) is 0 Å². The summed E-state index contributed by atoms with van der Waals surface area (Å²) < 4.78 is 1.69. The summed E-state index contributed by atoms with van der Waals surface area (Å²) in [5, 5.41) is 3.44. The fraction of sp³-hybridized carbons (Fsp3) is 0.500. The van der Waals surface area contributed by atoms with Crippen LogP contribution in [0.1, 0.15) is 37.1 Å². The van der Waals surface area contributed by atoms with Crippen molar-refractivity contribution in [3.8, 4) is 0 Å². The molecule has 0 saturated heterocycles. The molecule has 0 aromatic carbocycles. The Bertz CT molecular complexity index is 857. The quantitative estimate of drug-likeness (QED) is 0.879. The molecule has 0 amide bonds. The molecule has 1 N–H and O–H groups in total. The zero-order valence-electron chi connectivity index (χ0n) is 15.3. The summed E-state index contributed by atoms with van der Waals surface area (Å²) in [6, 6.07) is 2.11. The van der Waals surface area contributed by atoms with Gasteiger partial charge in [0.1, 0.15) is 11.0 Å². The molecule has 1 atom stereocenters.